The number of carbonyl (C=O) groups excluding carboxylic acids is 2. The molecule has 0 aliphatic carbocycles. The van der Waals surface area contributed by atoms with Crippen molar-refractivity contribution in [1.29, 1.82) is 0 Å². The Balaban J connectivity index is 1.61. The summed E-state index contributed by atoms with van der Waals surface area (Å²) in [6.45, 7) is 4.01. The fourth-order valence-corrected chi connectivity index (χ4v) is 5.58. The molecule has 4 rings (SSSR count). The van der Waals surface area contributed by atoms with Gasteiger partial charge in [-0.2, -0.15) is 4.72 Å². The first-order chi connectivity index (χ1) is 16.8. The molecule has 3 aromatic rings. The Morgan fingerprint density at radius 3 is 2.43 bits per heavy atom. The highest BCUT2D eigenvalue weighted by molar-refractivity contribution is 7.89. The average molecular weight is 492 g/mol. The quantitative estimate of drug-likeness (QED) is 0.502. The fraction of sp³-hybridized carbons (Fsp3) is 0.259. The first kappa shape index (κ1) is 24.6. The molecule has 1 aliphatic rings. The van der Waals surface area contributed by atoms with Crippen LogP contribution in [0.1, 0.15) is 30.5 Å². The molecule has 1 heterocycles. The van der Waals surface area contributed by atoms with Gasteiger partial charge in [-0.15, -0.1) is 0 Å². The van der Waals surface area contributed by atoms with Crippen LogP contribution < -0.4 is 14.9 Å². The Labute approximate surface area is 206 Å². The first-order valence-electron chi connectivity index (χ1n) is 11.6. The molecule has 0 saturated carbocycles. The zero-order valence-corrected chi connectivity index (χ0v) is 20.6. The molecular formula is C27H29N3O4S. The molecule has 2 N–H and O–H groups in total. The molecule has 0 fully saturated rings. The topological polar surface area (TPSA) is 95.6 Å². The number of amides is 2. The van der Waals surface area contributed by atoms with Crippen LogP contribution in [0.3, 0.4) is 0 Å². The van der Waals surface area contributed by atoms with Crippen molar-refractivity contribution in [2.75, 3.05) is 16.8 Å². The highest BCUT2D eigenvalue weighted by atomic mass is 32.2. The molecule has 1 atom stereocenters. The van der Waals surface area contributed by atoms with Crippen LogP contribution in [0, 0.1) is 0 Å². The van der Waals surface area contributed by atoms with Crippen LogP contribution in [-0.2, 0) is 38.9 Å². The van der Waals surface area contributed by atoms with Crippen LogP contribution >= 0.6 is 0 Å². The lowest BCUT2D eigenvalue weighted by Crippen LogP contribution is -2.45. The summed E-state index contributed by atoms with van der Waals surface area (Å²) >= 11 is 0. The van der Waals surface area contributed by atoms with Crippen LogP contribution in [0.25, 0.3) is 0 Å². The second-order valence-corrected chi connectivity index (χ2v) is 10.3. The summed E-state index contributed by atoms with van der Waals surface area (Å²) in [5, 5.41) is 2.91. The molecule has 0 bridgehead atoms. The van der Waals surface area contributed by atoms with E-state index in [1.54, 1.807) is 17.0 Å². The summed E-state index contributed by atoms with van der Waals surface area (Å²) in [6.07, 6.45) is 1.52. The standard InChI is InChI=1S/C27H29N3O4S/c1-3-21-11-7-8-12-24(21)28-27(32)25(17-20-9-5-4-6-10-20)29-35(33,34)23-13-14-26-22(18-23)15-16-30(26)19(2)31/h4-14,18,25,29H,3,15-17H2,1-2H3,(H,28,32)/t25-/m0/s1. The zero-order valence-electron chi connectivity index (χ0n) is 19.8. The molecule has 1 aliphatic heterocycles. The van der Waals surface area contributed by atoms with Gasteiger partial charge < -0.3 is 10.2 Å². The third-order valence-electron chi connectivity index (χ3n) is 6.19. The van der Waals surface area contributed by atoms with Gasteiger partial charge in [0, 0.05) is 24.8 Å². The third kappa shape index (κ3) is 5.61. The van der Waals surface area contributed by atoms with E-state index in [4.69, 9.17) is 0 Å². The molecule has 0 spiro atoms. The first-order valence-corrected chi connectivity index (χ1v) is 13.1. The van der Waals surface area contributed by atoms with Crippen molar-refractivity contribution in [3.05, 3.63) is 89.5 Å². The van der Waals surface area contributed by atoms with Gasteiger partial charge in [0.05, 0.1) is 4.90 Å². The molecule has 8 heteroatoms. The maximum absolute atomic E-state index is 13.4. The van der Waals surface area contributed by atoms with E-state index in [1.165, 1.54) is 13.0 Å². The Hall–Kier alpha value is -3.49. The summed E-state index contributed by atoms with van der Waals surface area (Å²) < 4.78 is 29.3. The normalized spacial score (nSPS) is 13.8. The van der Waals surface area contributed by atoms with Crippen LogP contribution in [0.4, 0.5) is 11.4 Å². The maximum Gasteiger partial charge on any atom is 0.242 e. The van der Waals surface area contributed by atoms with Crippen molar-refractivity contribution in [2.45, 2.75) is 44.0 Å². The van der Waals surface area contributed by atoms with E-state index in [2.05, 4.69) is 10.0 Å². The minimum atomic E-state index is -4.01. The summed E-state index contributed by atoms with van der Waals surface area (Å²) in [5.74, 6) is -0.508. The SMILES string of the molecule is CCc1ccccc1NC(=O)[C@H](Cc1ccccc1)NS(=O)(=O)c1ccc2c(c1)CCN2C(C)=O. The van der Waals surface area contributed by atoms with Crippen molar-refractivity contribution in [2.24, 2.45) is 0 Å². The molecule has 182 valence electrons. The number of nitrogens with zero attached hydrogens (tertiary/aromatic N) is 1. The number of aryl methyl sites for hydroxylation is 1. The lowest BCUT2D eigenvalue weighted by molar-refractivity contribution is -0.118. The smallest absolute Gasteiger partial charge is 0.242 e. The number of para-hydroxylation sites is 1. The molecule has 7 nitrogen and oxygen atoms in total. The van der Waals surface area contributed by atoms with Crippen LogP contribution in [0.2, 0.25) is 0 Å². The minimum Gasteiger partial charge on any atom is -0.324 e. The minimum absolute atomic E-state index is 0.0708. The zero-order chi connectivity index (χ0) is 25.0. The van der Waals surface area contributed by atoms with Gasteiger partial charge in [-0.25, -0.2) is 8.42 Å². The Kier molecular flexibility index (Phi) is 7.33. The molecular weight excluding hydrogens is 462 g/mol. The summed E-state index contributed by atoms with van der Waals surface area (Å²) in [5.41, 5.74) is 4.00. The number of benzene rings is 3. The Morgan fingerprint density at radius 1 is 1.00 bits per heavy atom. The number of carbonyl (C=O) groups is 2. The average Bonchev–Trinajstić information content (AvgIpc) is 3.28. The van der Waals surface area contributed by atoms with Crippen molar-refractivity contribution in [3.63, 3.8) is 0 Å². The maximum atomic E-state index is 13.4. The lowest BCUT2D eigenvalue weighted by Gasteiger charge is -2.20. The van der Waals surface area contributed by atoms with Gasteiger partial charge in [-0.05, 0) is 60.2 Å². The lowest BCUT2D eigenvalue weighted by atomic mass is 10.1. The van der Waals surface area contributed by atoms with E-state index in [1.807, 2.05) is 61.5 Å². The van der Waals surface area contributed by atoms with Gasteiger partial charge in [0.1, 0.15) is 6.04 Å². The fourth-order valence-electron chi connectivity index (χ4n) is 4.34. The van der Waals surface area contributed by atoms with Gasteiger partial charge in [-0.1, -0.05) is 55.5 Å². The van der Waals surface area contributed by atoms with Crippen LogP contribution in [0.5, 0.6) is 0 Å². The molecule has 2 amide bonds. The van der Waals surface area contributed by atoms with Crippen LogP contribution in [-0.4, -0.2) is 32.8 Å². The monoisotopic (exact) mass is 491 g/mol. The molecule has 3 aromatic carbocycles. The summed E-state index contributed by atoms with van der Waals surface area (Å²) in [7, 11) is -4.01. The number of fused-ring (bicyclic) bond motifs is 1. The number of hydrogen-bond donors (Lipinski definition) is 2. The van der Waals surface area contributed by atoms with Gasteiger partial charge in [-0.3, -0.25) is 9.59 Å². The van der Waals surface area contributed by atoms with Crippen LogP contribution in [0.15, 0.2) is 77.7 Å². The Morgan fingerprint density at radius 2 is 1.71 bits per heavy atom. The summed E-state index contributed by atoms with van der Waals surface area (Å²) in [6, 6.07) is 20.5. The largest absolute Gasteiger partial charge is 0.324 e. The van der Waals surface area contributed by atoms with Gasteiger partial charge >= 0.3 is 0 Å². The van der Waals surface area contributed by atoms with Crippen molar-refractivity contribution in [1.82, 2.24) is 4.72 Å². The molecule has 35 heavy (non-hydrogen) atoms. The van der Waals surface area contributed by atoms with Crippen molar-refractivity contribution >= 4 is 33.2 Å². The highest BCUT2D eigenvalue weighted by Crippen LogP contribution is 2.30. The van der Waals surface area contributed by atoms with Crippen molar-refractivity contribution in [3.8, 4) is 0 Å². The van der Waals surface area contributed by atoms with Gasteiger partial charge in [0.15, 0.2) is 0 Å². The van der Waals surface area contributed by atoms with Gasteiger partial charge in [0.25, 0.3) is 0 Å². The molecule has 0 aromatic heterocycles. The third-order valence-corrected chi connectivity index (χ3v) is 7.66. The van der Waals surface area contributed by atoms with E-state index in [0.717, 1.165) is 28.8 Å². The molecule has 0 unspecified atom stereocenters. The van der Waals surface area contributed by atoms with Crippen molar-refractivity contribution < 1.29 is 18.0 Å². The van der Waals surface area contributed by atoms with E-state index < -0.39 is 22.0 Å². The molecule has 0 saturated heterocycles. The molecule has 0 radical (unpaired) electrons. The number of rotatable bonds is 8. The second-order valence-electron chi connectivity index (χ2n) is 8.57. The number of nitrogens with one attached hydrogen (secondary N) is 2. The van der Waals surface area contributed by atoms with E-state index in [9.17, 15) is 18.0 Å². The number of hydrogen-bond acceptors (Lipinski definition) is 4. The van der Waals surface area contributed by atoms with E-state index >= 15 is 0 Å². The predicted molar refractivity (Wildman–Crippen MR) is 137 cm³/mol. The number of sulfonamides is 1. The van der Waals surface area contributed by atoms with Gasteiger partial charge in [0.2, 0.25) is 21.8 Å². The predicted octanol–water partition coefficient (Wildman–Crippen LogP) is 3.69. The van der Waals surface area contributed by atoms with E-state index in [-0.39, 0.29) is 17.2 Å². The summed E-state index contributed by atoms with van der Waals surface area (Å²) in [4.78, 5) is 26.9. The second kappa shape index (κ2) is 10.4. The highest BCUT2D eigenvalue weighted by Gasteiger charge is 2.29. The Bertz CT molecular complexity index is 1340. The number of anilines is 2. The van der Waals surface area contributed by atoms with E-state index in [0.29, 0.717) is 18.7 Å².